The van der Waals surface area contributed by atoms with Crippen LogP contribution in [0.1, 0.15) is 39.3 Å². The minimum atomic E-state index is -0.218. The predicted molar refractivity (Wildman–Crippen MR) is 80.7 cm³/mol. The van der Waals surface area contributed by atoms with Crippen molar-refractivity contribution < 1.29 is 9.13 Å². The molecule has 1 N–H and O–H groups in total. The van der Waals surface area contributed by atoms with Gasteiger partial charge in [0.15, 0.2) is 0 Å². The Morgan fingerprint density at radius 1 is 1.45 bits per heavy atom. The normalized spacial score (nSPS) is 23.7. The second-order valence-electron chi connectivity index (χ2n) is 6.25. The van der Waals surface area contributed by atoms with Crippen LogP contribution in [0.3, 0.4) is 0 Å². The fraction of sp³-hybridized carbons (Fsp3) is 0.625. The van der Waals surface area contributed by atoms with Gasteiger partial charge >= 0.3 is 0 Å². The van der Waals surface area contributed by atoms with Crippen LogP contribution in [0, 0.1) is 5.82 Å². The zero-order valence-corrected chi connectivity index (χ0v) is 13.0. The molecule has 1 heterocycles. The third kappa shape index (κ3) is 3.13. The van der Waals surface area contributed by atoms with Crippen LogP contribution in [-0.4, -0.2) is 31.8 Å². The van der Waals surface area contributed by atoms with E-state index in [0.717, 1.165) is 24.3 Å². The van der Waals surface area contributed by atoms with E-state index in [1.165, 1.54) is 6.07 Å². The van der Waals surface area contributed by atoms with Crippen LogP contribution in [0.15, 0.2) is 18.2 Å². The third-order valence-electron chi connectivity index (χ3n) is 3.81. The molecule has 0 radical (unpaired) electrons. The molecule has 3 nitrogen and oxygen atoms in total. The number of ether oxygens (including phenoxy) is 1. The molecule has 0 bridgehead atoms. The molecule has 2 atom stereocenters. The molecule has 2 unspecified atom stereocenters. The monoisotopic (exact) mass is 280 g/mol. The van der Waals surface area contributed by atoms with Crippen LogP contribution >= 0.6 is 0 Å². The zero-order chi connectivity index (χ0) is 14.9. The largest absolute Gasteiger partial charge is 0.369 e. The SMILES string of the molecule is CNC(C)c1c(F)cccc1N1CC(C)OC(C)(C)C1. The lowest BCUT2D eigenvalue weighted by Crippen LogP contribution is -2.52. The van der Waals surface area contributed by atoms with E-state index < -0.39 is 0 Å². The van der Waals surface area contributed by atoms with E-state index in [4.69, 9.17) is 4.74 Å². The van der Waals surface area contributed by atoms with Gasteiger partial charge < -0.3 is 15.0 Å². The molecule has 1 saturated heterocycles. The van der Waals surface area contributed by atoms with Gasteiger partial charge in [-0.1, -0.05) is 6.07 Å². The molecule has 1 fully saturated rings. The Bertz CT molecular complexity index is 476. The summed E-state index contributed by atoms with van der Waals surface area (Å²) in [4.78, 5) is 2.24. The van der Waals surface area contributed by atoms with Gasteiger partial charge in [-0.15, -0.1) is 0 Å². The molecular weight excluding hydrogens is 255 g/mol. The Morgan fingerprint density at radius 3 is 2.75 bits per heavy atom. The minimum Gasteiger partial charge on any atom is -0.369 e. The van der Waals surface area contributed by atoms with Crippen molar-refractivity contribution in [2.75, 3.05) is 25.0 Å². The highest BCUT2D eigenvalue weighted by molar-refractivity contribution is 5.56. The van der Waals surface area contributed by atoms with Crippen molar-refractivity contribution in [1.82, 2.24) is 5.32 Å². The van der Waals surface area contributed by atoms with Crippen LogP contribution in [0.4, 0.5) is 10.1 Å². The van der Waals surface area contributed by atoms with Crippen LogP contribution in [0.5, 0.6) is 0 Å². The summed E-state index contributed by atoms with van der Waals surface area (Å²) in [6, 6.07) is 5.29. The topological polar surface area (TPSA) is 24.5 Å². The molecule has 1 aliphatic heterocycles. The summed E-state index contributed by atoms with van der Waals surface area (Å²) in [5.74, 6) is -0.152. The molecule has 0 spiro atoms. The maximum Gasteiger partial charge on any atom is 0.130 e. The van der Waals surface area contributed by atoms with Crippen molar-refractivity contribution in [2.24, 2.45) is 0 Å². The van der Waals surface area contributed by atoms with Crippen molar-refractivity contribution in [3.05, 3.63) is 29.6 Å². The van der Waals surface area contributed by atoms with Crippen molar-refractivity contribution >= 4 is 5.69 Å². The molecular formula is C16H25FN2O. The first-order valence-corrected chi connectivity index (χ1v) is 7.22. The van der Waals surface area contributed by atoms with Crippen molar-refractivity contribution in [1.29, 1.82) is 0 Å². The van der Waals surface area contributed by atoms with Gasteiger partial charge in [-0.3, -0.25) is 0 Å². The van der Waals surface area contributed by atoms with E-state index in [9.17, 15) is 4.39 Å². The predicted octanol–water partition coefficient (Wildman–Crippen LogP) is 3.11. The van der Waals surface area contributed by atoms with Crippen LogP contribution in [0.25, 0.3) is 0 Å². The zero-order valence-electron chi connectivity index (χ0n) is 13.0. The number of nitrogens with zero attached hydrogens (tertiary/aromatic N) is 1. The summed E-state index contributed by atoms with van der Waals surface area (Å²) in [7, 11) is 1.85. The summed E-state index contributed by atoms with van der Waals surface area (Å²) in [5, 5.41) is 3.14. The first-order valence-electron chi connectivity index (χ1n) is 7.22. The highest BCUT2D eigenvalue weighted by atomic mass is 19.1. The molecule has 112 valence electrons. The van der Waals surface area contributed by atoms with E-state index in [-0.39, 0.29) is 23.6 Å². The molecule has 0 amide bonds. The maximum absolute atomic E-state index is 14.2. The average Bonchev–Trinajstić information content (AvgIpc) is 2.35. The molecule has 2 rings (SSSR count). The molecule has 0 aliphatic carbocycles. The Hall–Kier alpha value is -1.13. The summed E-state index contributed by atoms with van der Waals surface area (Å²) >= 11 is 0. The Kier molecular flexibility index (Phi) is 4.35. The second-order valence-corrected chi connectivity index (χ2v) is 6.25. The van der Waals surface area contributed by atoms with Crippen LogP contribution in [-0.2, 0) is 4.74 Å². The smallest absolute Gasteiger partial charge is 0.130 e. The summed E-state index contributed by atoms with van der Waals surface area (Å²) in [6.45, 7) is 9.76. The van der Waals surface area contributed by atoms with E-state index in [1.807, 2.05) is 20.0 Å². The first-order chi connectivity index (χ1) is 9.34. The third-order valence-corrected chi connectivity index (χ3v) is 3.81. The number of anilines is 1. The summed E-state index contributed by atoms with van der Waals surface area (Å²) in [5.41, 5.74) is 1.49. The molecule has 0 aromatic heterocycles. The second kappa shape index (κ2) is 5.70. The van der Waals surface area contributed by atoms with Crippen molar-refractivity contribution in [3.63, 3.8) is 0 Å². The molecule has 1 aliphatic rings. The highest BCUT2D eigenvalue weighted by Crippen LogP contribution is 2.32. The molecule has 1 aromatic rings. The van der Waals surface area contributed by atoms with Gasteiger partial charge in [-0.05, 0) is 46.9 Å². The number of rotatable bonds is 3. The quantitative estimate of drug-likeness (QED) is 0.920. The van der Waals surface area contributed by atoms with Gasteiger partial charge in [-0.2, -0.15) is 0 Å². The number of hydrogen-bond acceptors (Lipinski definition) is 3. The lowest BCUT2D eigenvalue weighted by atomic mass is 10.00. The number of benzene rings is 1. The average molecular weight is 280 g/mol. The lowest BCUT2D eigenvalue weighted by Gasteiger charge is -2.43. The van der Waals surface area contributed by atoms with Crippen molar-refractivity contribution in [3.8, 4) is 0 Å². The Balaban J connectivity index is 2.39. The Morgan fingerprint density at radius 2 is 2.15 bits per heavy atom. The van der Waals surface area contributed by atoms with Gasteiger partial charge in [0.2, 0.25) is 0 Å². The van der Waals surface area contributed by atoms with E-state index in [0.29, 0.717) is 0 Å². The van der Waals surface area contributed by atoms with Crippen molar-refractivity contribution in [2.45, 2.75) is 45.4 Å². The fourth-order valence-electron chi connectivity index (χ4n) is 3.01. The number of halogens is 1. The number of morpholine rings is 1. The van der Waals surface area contributed by atoms with Gasteiger partial charge in [0.25, 0.3) is 0 Å². The first kappa shape index (κ1) is 15.3. The fourth-order valence-corrected chi connectivity index (χ4v) is 3.01. The molecule has 1 aromatic carbocycles. The van der Waals surface area contributed by atoms with E-state index in [2.05, 4.69) is 31.0 Å². The van der Waals surface area contributed by atoms with Crippen LogP contribution < -0.4 is 10.2 Å². The maximum atomic E-state index is 14.2. The lowest BCUT2D eigenvalue weighted by molar-refractivity contribution is -0.0750. The molecule has 0 saturated carbocycles. The molecule has 4 heteroatoms. The van der Waals surface area contributed by atoms with E-state index in [1.54, 1.807) is 6.07 Å². The Labute approximate surface area is 121 Å². The number of hydrogen-bond donors (Lipinski definition) is 1. The van der Waals surface area contributed by atoms with Gasteiger partial charge in [-0.25, -0.2) is 4.39 Å². The standard InChI is InChI=1S/C16H25FN2O/c1-11-9-19(10-16(3,4)20-11)14-8-6-7-13(17)15(14)12(2)18-5/h6-8,11-12,18H,9-10H2,1-5H3. The summed E-state index contributed by atoms with van der Waals surface area (Å²) < 4.78 is 20.2. The molecule has 20 heavy (non-hydrogen) atoms. The van der Waals surface area contributed by atoms with Gasteiger partial charge in [0.1, 0.15) is 5.82 Å². The number of nitrogens with one attached hydrogen (secondary N) is 1. The van der Waals surface area contributed by atoms with Gasteiger partial charge in [0.05, 0.1) is 11.7 Å². The van der Waals surface area contributed by atoms with Gasteiger partial charge in [0, 0.05) is 30.4 Å². The highest BCUT2D eigenvalue weighted by Gasteiger charge is 2.33. The minimum absolute atomic E-state index is 0.0209. The van der Waals surface area contributed by atoms with Crippen LogP contribution in [0.2, 0.25) is 0 Å². The van der Waals surface area contributed by atoms with E-state index >= 15 is 0 Å². The summed E-state index contributed by atoms with van der Waals surface area (Å²) in [6.07, 6.45) is 0.139.